The lowest BCUT2D eigenvalue weighted by Crippen LogP contribution is -2.46. The molecule has 0 aliphatic carbocycles. The number of methoxy groups -OCH3 is 1. The van der Waals surface area contributed by atoms with E-state index in [0.29, 0.717) is 9.47 Å². The van der Waals surface area contributed by atoms with Crippen LogP contribution in [0.4, 0.5) is 10.8 Å². The number of thioether (sulfide) groups is 1. The van der Waals surface area contributed by atoms with Crippen molar-refractivity contribution < 1.29 is 14.3 Å². The number of benzene rings is 1. The van der Waals surface area contributed by atoms with Crippen LogP contribution in [0.5, 0.6) is 0 Å². The normalized spacial score (nSPS) is 12.9. The third-order valence-electron chi connectivity index (χ3n) is 3.99. The van der Waals surface area contributed by atoms with Gasteiger partial charge in [-0.2, -0.15) is 0 Å². The number of amides is 1. The smallest absolute Gasteiger partial charge is 0.328 e. The van der Waals surface area contributed by atoms with Crippen molar-refractivity contribution in [3.05, 3.63) is 29.8 Å². The van der Waals surface area contributed by atoms with E-state index >= 15 is 0 Å². The van der Waals surface area contributed by atoms with E-state index in [9.17, 15) is 9.59 Å². The Morgan fingerprint density at radius 2 is 2.11 bits per heavy atom. The molecule has 2 atom stereocenters. The fourth-order valence-corrected chi connectivity index (χ4v) is 3.89. The summed E-state index contributed by atoms with van der Waals surface area (Å²) in [5.74, 6) is -0.511. The fraction of sp³-hybridized carbons (Fsp3) is 0.444. The second-order valence-electron chi connectivity index (χ2n) is 6.11. The van der Waals surface area contributed by atoms with Gasteiger partial charge in [-0.3, -0.25) is 4.79 Å². The number of nitrogens with zero attached hydrogens (tertiary/aromatic N) is 2. The largest absolute Gasteiger partial charge is 0.467 e. The predicted octanol–water partition coefficient (Wildman–Crippen LogP) is 3.39. The van der Waals surface area contributed by atoms with Gasteiger partial charge in [-0.15, -0.1) is 10.2 Å². The standard InChI is InChI=1S/C18H24N4O3S2/c1-5-12(3)15(16(24)25-4)20-14(23)10-26-18-22-21-17(27-18)19-13-8-6-7-11(2)9-13/h6-9,12,15H,5,10H2,1-4H3,(H,19,21)(H,20,23)/t12-,15-/m1/s1. The molecule has 2 rings (SSSR count). The van der Waals surface area contributed by atoms with Crippen molar-refractivity contribution in [1.29, 1.82) is 0 Å². The van der Waals surface area contributed by atoms with Gasteiger partial charge in [0, 0.05) is 5.69 Å². The summed E-state index contributed by atoms with van der Waals surface area (Å²) in [7, 11) is 1.32. The van der Waals surface area contributed by atoms with Gasteiger partial charge in [-0.25, -0.2) is 4.79 Å². The first-order chi connectivity index (χ1) is 12.9. The Hall–Kier alpha value is -2.13. The molecule has 0 aliphatic heterocycles. The first-order valence-corrected chi connectivity index (χ1v) is 10.4. The molecule has 0 saturated carbocycles. The average Bonchev–Trinajstić information content (AvgIpc) is 3.10. The van der Waals surface area contributed by atoms with E-state index in [0.717, 1.165) is 17.7 Å². The summed E-state index contributed by atoms with van der Waals surface area (Å²) in [5, 5.41) is 14.8. The highest BCUT2D eigenvalue weighted by atomic mass is 32.2. The Morgan fingerprint density at radius 3 is 2.78 bits per heavy atom. The molecule has 0 unspecified atom stereocenters. The molecule has 0 saturated heterocycles. The summed E-state index contributed by atoms with van der Waals surface area (Å²) in [4.78, 5) is 24.1. The zero-order valence-corrected chi connectivity index (χ0v) is 17.4. The van der Waals surface area contributed by atoms with E-state index in [1.807, 2.05) is 45.0 Å². The monoisotopic (exact) mass is 408 g/mol. The van der Waals surface area contributed by atoms with Gasteiger partial charge in [0.1, 0.15) is 6.04 Å². The van der Waals surface area contributed by atoms with Gasteiger partial charge in [0.2, 0.25) is 11.0 Å². The quantitative estimate of drug-likeness (QED) is 0.485. The summed E-state index contributed by atoms with van der Waals surface area (Å²) >= 11 is 2.66. The van der Waals surface area contributed by atoms with E-state index in [1.54, 1.807) is 0 Å². The molecule has 0 radical (unpaired) electrons. The number of aryl methyl sites for hydroxylation is 1. The SMILES string of the molecule is CC[C@@H](C)[C@@H](NC(=O)CSc1nnc(Nc2cccc(C)c2)s1)C(=O)OC. The van der Waals surface area contributed by atoms with Gasteiger partial charge in [0.15, 0.2) is 4.34 Å². The van der Waals surface area contributed by atoms with E-state index in [2.05, 4.69) is 20.8 Å². The summed E-state index contributed by atoms with van der Waals surface area (Å²) in [6.07, 6.45) is 0.761. The lowest BCUT2D eigenvalue weighted by molar-refractivity contribution is -0.146. The van der Waals surface area contributed by atoms with Gasteiger partial charge in [-0.1, -0.05) is 55.5 Å². The van der Waals surface area contributed by atoms with E-state index in [4.69, 9.17) is 4.74 Å². The van der Waals surface area contributed by atoms with Crippen LogP contribution in [-0.4, -0.2) is 41.0 Å². The maximum absolute atomic E-state index is 12.2. The zero-order chi connectivity index (χ0) is 19.8. The summed E-state index contributed by atoms with van der Waals surface area (Å²) in [6.45, 7) is 5.89. The zero-order valence-electron chi connectivity index (χ0n) is 15.8. The second-order valence-corrected chi connectivity index (χ2v) is 8.31. The van der Waals surface area contributed by atoms with Crippen molar-refractivity contribution in [3.8, 4) is 0 Å². The second kappa shape index (κ2) is 10.3. The van der Waals surface area contributed by atoms with Crippen LogP contribution < -0.4 is 10.6 Å². The lowest BCUT2D eigenvalue weighted by atomic mass is 9.99. The van der Waals surface area contributed by atoms with Crippen molar-refractivity contribution in [2.45, 2.75) is 37.6 Å². The fourth-order valence-electron chi connectivity index (χ4n) is 2.30. The minimum atomic E-state index is -0.638. The highest BCUT2D eigenvalue weighted by molar-refractivity contribution is 8.01. The van der Waals surface area contributed by atoms with Crippen LogP contribution in [0.15, 0.2) is 28.6 Å². The molecule has 2 aromatic rings. The van der Waals surface area contributed by atoms with Crippen LogP contribution in [0.3, 0.4) is 0 Å². The Balaban J connectivity index is 1.88. The average molecular weight is 409 g/mol. The summed E-state index contributed by atoms with van der Waals surface area (Å²) < 4.78 is 5.46. The molecule has 1 amide bonds. The topological polar surface area (TPSA) is 93.2 Å². The maximum Gasteiger partial charge on any atom is 0.328 e. The third-order valence-corrected chi connectivity index (χ3v) is 5.96. The molecule has 7 nitrogen and oxygen atoms in total. The molecule has 2 N–H and O–H groups in total. The Kier molecular flexibility index (Phi) is 8.05. The highest BCUT2D eigenvalue weighted by Gasteiger charge is 2.26. The number of nitrogens with one attached hydrogen (secondary N) is 2. The minimum Gasteiger partial charge on any atom is -0.467 e. The molecule has 9 heteroatoms. The molecule has 146 valence electrons. The van der Waals surface area contributed by atoms with Gasteiger partial charge >= 0.3 is 5.97 Å². The van der Waals surface area contributed by atoms with Crippen molar-refractivity contribution in [2.75, 3.05) is 18.2 Å². The molecule has 0 bridgehead atoms. The van der Waals surface area contributed by atoms with Crippen molar-refractivity contribution in [1.82, 2.24) is 15.5 Å². The molecule has 0 fully saturated rings. The van der Waals surface area contributed by atoms with E-state index < -0.39 is 12.0 Å². The number of carbonyl (C=O) groups excluding carboxylic acids is 2. The van der Waals surface area contributed by atoms with Crippen molar-refractivity contribution in [2.24, 2.45) is 5.92 Å². The van der Waals surface area contributed by atoms with E-state index in [1.165, 1.54) is 30.2 Å². The number of ether oxygens (including phenoxy) is 1. The molecular formula is C18H24N4O3S2. The molecule has 0 aliphatic rings. The number of esters is 1. The minimum absolute atomic E-state index is 0.00180. The first kappa shape index (κ1) is 21.2. The summed E-state index contributed by atoms with van der Waals surface area (Å²) in [5.41, 5.74) is 2.09. The van der Waals surface area contributed by atoms with Crippen molar-refractivity contribution in [3.63, 3.8) is 0 Å². The third kappa shape index (κ3) is 6.51. The number of hydrogen-bond acceptors (Lipinski definition) is 8. The number of rotatable bonds is 9. The number of carbonyl (C=O) groups is 2. The van der Waals surface area contributed by atoms with Crippen LogP contribution in [0.25, 0.3) is 0 Å². The Bertz CT molecular complexity index is 781. The molecule has 27 heavy (non-hydrogen) atoms. The van der Waals surface area contributed by atoms with Crippen LogP contribution in [-0.2, 0) is 14.3 Å². The highest BCUT2D eigenvalue weighted by Crippen LogP contribution is 2.27. The molecule has 1 heterocycles. The molecule has 1 aromatic heterocycles. The van der Waals surface area contributed by atoms with Gasteiger partial charge in [0.25, 0.3) is 0 Å². The van der Waals surface area contributed by atoms with Gasteiger partial charge in [0.05, 0.1) is 12.9 Å². The van der Waals surface area contributed by atoms with Crippen LogP contribution >= 0.6 is 23.1 Å². The number of aromatic nitrogens is 2. The summed E-state index contributed by atoms with van der Waals surface area (Å²) in [6, 6.07) is 7.32. The van der Waals surface area contributed by atoms with Crippen molar-refractivity contribution >= 4 is 45.8 Å². The van der Waals surface area contributed by atoms with Crippen LogP contribution in [0.2, 0.25) is 0 Å². The Labute approximate surface area is 167 Å². The van der Waals surface area contributed by atoms with Crippen LogP contribution in [0.1, 0.15) is 25.8 Å². The van der Waals surface area contributed by atoms with Crippen LogP contribution in [0, 0.1) is 12.8 Å². The lowest BCUT2D eigenvalue weighted by Gasteiger charge is -2.21. The van der Waals surface area contributed by atoms with Gasteiger partial charge < -0.3 is 15.4 Å². The molecule has 0 spiro atoms. The Morgan fingerprint density at radius 1 is 1.33 bits per heavy atom. The number of anilines is 2. The maximum atomic E-state index is 12.2. The molecular weight excluding hydrogens is 384 g/mol. The predicted molar refractivity (Wildman–Crippen MR) is 108 cm³/mol. The molecule has 1 aromatic carbocycles. The van der Waals surface area contributed by atoms with E-state index in [-0.39, 0.29) is 17.6 Å². The number of hydrogen-bond donors (Lipinski definition) is 2. The van der Waals surface area contributed by atoms with Gasteiger partial charge in [-0.05, 0) is 30.5 Å². The first-order valence-electron chi connectivity index (χ1n) is 8.60.